The lowest BCUT2D eigenvalue weighted by atomic mass is 10.4. The molecule has 1 heterocycles. The molecule has 1 rings (SSSR count). The number of pyridine rings is 1. The van der Waals surface area contributed by atoms with Crippen LogP contribution in [0.3, 0.4) is 0 Å². The van der Waals surface area contributed by atoms with Crippen LogP contribution in [0.2, 0.25) is 0 Å². The summed E-state index contributed by atoms with van der Waals surface area (Å²) in [5.74, 6) is 1.51. The second-order valence-electron chi connectivity index (χ2n) is 3.73. The fraction of sp³-hybridized carbons (Fsp3) is 0.583. The molecule has 0 bridgehead atoms. The van der Waals surface area contributed by atoms with Gasteiger partial charge in [0, 0.05) is 13.1 Å². The van der Waals surface area contributed by atoms with E-state index in [1.807, 2.05) is 18.2 Å². The first kappa shape index (κ1) is 14.6. The number of rotatable bonds is 9. The first-order chi connectivity index (χ1) is 8.72. The minimum atomic E-state index is -2.41. The van der Waals surface area contributed by atoms with Gasteiger partial charge in [-0.05, 0) is 18.6 Å². The Morgan fingerprint density at radius 1 is 1.22 bits per heavy atom. The highest BCUT2D eigenvalue weighted by Crippen LogP contribution is 2.08. The molecule has 1 aromatic heterocycles. The maximum absolute atomic E-state index is 11.8. The van der Waals surface area contributed by atoms with E-state index in [1.54, 1.807) is 0 Å². The zero-order chi connectivity index (χ0) is 13.2. The van der Waals surface area contributed by atoms with Crippen LogP contribution >= 0.6 is 0 Å². The molecule has 1 aromatic rings. The maximum atomic E-state index is 11.8. The van der Waals surface area contributed by atoms with E-state index in [0.717, 1.165) is 18.8 Å². The molecule has 0 aromatic carbocycles. The number of halogens is 2. The van der Waals surface area contributed by atoms with Crippen LogP contribution in [0.4, 0.5) is 20.4 Å². The van der Waals surface area contributed by atoms with Crippen LogP contribution in [0.15, 0.2) is 18.2 Å². The normalized spacial score (nSPS) is 10.7. The van der Waals surface area contributed by atoms with Gasteiger partial charge in [0.2, 0.25) is 0 Å². The van der Waals surface area contributed by atoms with E-state index in [0.29, 0.717) is 12.4 Å². The summed E-state index contributed by atoms with van der Waals surface area (Å²) in [6, 6.07) is 5.59. The van der Waals surface area contributed by atoms with Crippen LogP contribution in [-0.2, 0) is 4.74 Å². The Labute approximate surface area is 106 Å². The van der Waals surface area contributed by atoms with Gasteiger partial charge in [-0.1, -0.05) is 13.0 Å². The van der Waals surface area contributed by atoms with Crippen LogP contribution in [-0.4, -0.2) is 37.7 Å². The standard InChI is InChI=1S/C12H19F2N3O/c1-2-6-15-11-4-3-5-12(17-11)16-7-8-18-9-10(13)14/h3-5,10H,2,6-9H2,1H3,(H2,15,16,17). The number of aromatic nitrogens is 1. The Balaban J connectivity index is 2.24. The average molecular weight is 259 g/mol. The Bertz CT molecular complexity index is 337. The Hall–Kier alpha value is -1.43. The van der Waals surface area contributed by atoms with E-state index >= 15 is 0 Å². The number of nitrogens with one attached hydrogen (secondary N) is 2. The topological polar surface area (TPSA) is 46.2 Å². The van der Waals surface area contributed by atoms with Gasteiger partial charge in [-0.15, -0.1) is 0 Å². The van der Waals surface area contributed by atoms with Crippen molar-refractivity contribution in [2.45, 2.75) is 19.8 Å². The van der Waals surface area contributed by atoms with Crippen molar-refractivity contribution in [2.24, 2.45) is 0 Å². The number of anilines is 2. The van der Waals surface area contributed by atoms with E-state index in [2.05, 4.69) is 22.5 Å². The summed E-state index contributed by atoms with van der Waals surface area (Å²) in [5, 5.41) is 6.18. The van der Waals surface area contributed by atoms with Gasteiger partial charge in [-0.25, -0.2) is 13.8 Å². The summed E-state index contributed by atoms with van der Waals surface area (Å²) in [4.78, 5) is 4.32. The number of hydrogen-bond donors (Lipinski definition) is 2. The quantitative estimate of drug-likeness (QED) is 0.669. The maximum Gasteiger partial charge on any atom is 0.261 e. The van der Waals surface area contributed by atoms with E-state index in [1.165, 1.54) is 0 Å². The molecule has 0 fully saturated rings. The molecule has 0 atom stereocenters. The van der Waals surface area contributed by atoms with Crippen LogP contribution in [0.1, 0.15) is 13.3 Å². The molecule has 0 amide bonds. The minimum absolute atomic E-state index is 0.235. The van der Waals surface area contributed by atoms with Gasteiger partial charge in [0.05, 0.1) is 6.61 Å². The highest BCUT2D eigenvalue weighted by atomic mass is 19.3. The first-order valence-corrected chi connectivity index (χ1v) is 6.03. The van der Waals surface area contributed by atoms with Crippen molar-refractivity contribution < 1.29 is 13.5 Å². The summed E-state index contributed by atoms with van der Waals surface area (Å²) in [6.07, 6.45) is -1.38. The lowest BCUT2D eigenvalue weighted by Gasteiger charge is -2.09. The van der Waals surface area contributed by atoms with Crippen molar-refractivity contribution in [3.8, 4) is 0 Å². The number of ether oxygens (including phenoxy) is 1. The summed E-state index contributed by atoms with van der Waals surface area (Å²) in [7, 11) is 0. The number of nitrogens with zero attached hydrogens (tertiary/aromatic N) is 1. The highest BCUT2D eigenvalue weighted by molar-refractivity contribution is 5.44. The van der Waals surface area contributed by atoms with E-state index < -0.39 is 13.0 Å². The molecule has 0 aliphatic carbocycles. The Kier molecular flexibility index (Phi) is 7.01. The van der Waals surface area contributed by atoms with Gasteiger partial charge in [0.1, 0.15) is 18.2 Å². The van der Waals surface area contributed by atoms with Crippen LogP contribution in [0.5, 0.6) is 0 Å². The third-order valence-electron chi connectivity index (χ3n) is 2.10. The van der Waals surface area contributed by atoms with Crippen molar-refractivity contribution in [3.63, 3.8) is 0 Å². The fourth-order valence-electron chi connectivity index (χ4n) is 1.31. The van der Waals surface area contributed by atoms with Crippen LogP contribution in [0, 0.1) is 0 Å². The molecule has 0 aliphatic heterocycles. The molecule has 0 saturated heterocycles. The zero-order valence-corrected chi connectivity index (χ0v) is 10.5. The third-order valence-corrected chi connectivity index (χ3v) is 2.10. The van der Waals surface area contributed by atoms with E-state index in [-0.39, 0.29) is 6.61 Å². The molecule has 0 radical (unpaired) electrons. The molecule has 2 N–H and O–H groups in total. The first-order valence-electron chi connectivity index (χ1n) is 6.03. The number of hydrogen-bond acceptors (Lipinski definition) is 4. The Morgan fingerprint density at radius 2 is 1.89 bits per heavy atom. The molecule has 4 nitrogen and oxygen atoms in total. The van der Waals surface area contributed by atoms with Crippen molar-refractivity contribution in [1.82, 2.24) is 4.98 Å². The lowest BCUT2D eigenvalue weighted by Crippen LogP contribution is -2.14. The van der Waals surface area contributed by atoms with Crippen molar-refractivity contribution in [2.75, 3.05) is 36.9 Å². The summed E-state index contributed by atoms with van der Waals surface area (Å²) in [5.41, 5.74) is 0. The van der Waals surface area contributed by atoms with Gasteiger partial charge in [0.25, 0.3) is 6.43 Å². The van der Waals surface area contributed by atoms with E-state index in [4.69, 9.17) is 4.74 Å². The largest absolute Gasteiger partial charge is 0.374 e. The molecule has 0 aliphatic rings. The van der Waals surface area contributed by atoms with Gasteiger partial charge >= 0.3 is 0 Å². The van der Waals surface area contributed by atoms with Crippen molar-refractivity contribution in [3.05, 3.63) is 18.2 Å². The van der Waals surface area contributed by atoms with Crippen LogP contribution in [0.25, 0.3) is 0 Å². The third kappa shape index (κ3) is 6.34. The Morgan fingerprint density at radius 3 is 2.50 bits per heavy atom. The van der Waals surface area contributed by atoms with Crippen molar-refractivity contribution in [1.29, 1.82) is 0 Å². The molecular weight excluding hydrogens is 240 g/mol. The zero-order valence-electron chi connectivity index (χ0n) is 10.5. The minimum Gasteiger partial charge on any atom is -0.374 e. The lowest BCUT2D eigenvalue weighted by molar-refractivity contribution is 0.0215. The predicted molar refractivity (Wildman–Crippen MR) is 68.3 cm³/mol. The molecule has 18 heavy (non-hydrogen) atoms. The summed E-state index contributed by atoms with van der Waals surface area (Å²) in [6.45, 7) is 3.12. The summed E-state index contributed by atoms with van der Waals surface area (Å²) < 4.78 is 28.3. The predicted octanol–water partition coefficient (Wildman–Crippen LogP) is 2.60. The SMILES string of the molecule is CCCNc1cccc(NCCOCC(F)F)n1. The van der Waals surface area contributed by atoms with Crippen LogP contribution < -0.4 is 10.6 Å². The molecule has 0 unspecified atom stereocenters. The van der Waals surface area contributed by atoms with Crippen molar-refractivity contribution >= 4 is 11.6 Å². The van der Waals surface area contributed by atoms with Gasteiger partial charge in [0.15, 0.2) is 0 Å². The van der Waals surface area contributed by atoms with E-state index in [9.17, 15) is 8.78 Å². The monoisotopic (exact) mass is 259 g/mol. The molecular formula is C12H19F2N3O. The molecule has 6 heteroatoms. The fourth-order valence-corrected chi connectivity index (χ4v) is 1.31. The highest BCUT2D eigenvalue weighted by Gasteiger charge is 2.01. The average Bonchev–Trinajstić information content (AvgIpc) is 2.36. The molecule has 0 spiro atoms. The second kappa shape index (κ2) is 8.63. The van der Waals surface area contributed by atoms with Gasteiger partial charge in [-0.3, -0.25) is 0 Å². The van der Waals surface area contributed by atoms with Gasteiger partial charge < -0.3 is 15.4 Å². The smallest absolute Gasteiger partial charge is 0.261 e. The molecule has 102 valence electrons. The second-order valence-corrected chi connectivity index (χ2v) is 3.73. The molecule has 0 saturated carbocycles. The summed E-state index contributed by atoms with van der Waals surface area (Å²) >= 11 is 0. The van der Waals surface area contributed by atoms with Gasteiger partial charge in [-0.2, -0.15) is 0 Å². The number of alkyl halides is 2.